The minimum Gasteiger partial charge on any atom is -0.347 e. The van der Waals surface area contributed by atoms with Crippen LogP contribution in [-0.2, 0) is 19.2 Å². The van der Waals surface area contributed by atoms with Crippen LogP contribution in [0.5, 0.6) is 0 Å². The highest BCUT2D eigenvalue weighted by atomic mass is 127. The number of amides is 2. The summed E-state index contributed by atoms with van der Waals surface area (Å²) in [6, 6.07) is -0.681. The van der Waals surface area contributed by atoms with E-state index in [4.69, 9.17) is 0 Å². The van der Waals surface area contributed by atoms with Gasteiger partial charge < -0.3 is 15.4 Å². The number of carbonyl (C=O) groups excluding carboxylic acids is 4. The van der Waals surface area contributed by atoms with Gasteiger partial charge in [-0.3, -0.25) is 17.9 Å². The van der Waals surface area contributed by atoms with Crippen molar-refractivity contribution in [3.05, 3.63) is 0 Å². The molecule has 3 N–H and O–H groups in total. The van der Waals surface area contributed by atoms with E-state index in [-0.39, 0.29) is 43.3 Å². The minimum absolute atomic E-state index is 0.0369. The van der Waals surface area contributed by atoms with Gasteiger partial charge in [0.25, 0.3) is 0 Å². The largest absolute Gasteiger partial charge is 0.347 e. The molecule has 0 heterocycles. The van der Waals surface area contributed by atoms with Gasteiger partial charge in [0.1, 0.15) is 5.78 Å². The highest BCUT2D eigenvalue weighted by Gasteiger charge is 2.17. The lowest BCUT2D eigenvalue weighted by Gasteiger charge is -2.15. The van der Waals surface area contributed by atoms with Crippen LogP contribution in [-0.4, -0.2) is 42.5 Å². The van der Waals surface area contributed by atoms with Crippen molar-refractivity contribution in [2.24, 2.45) is 0 Å². The van der Waals surface area contributed by atoms with E-state index in [2.05, 4.69) is 14.2 Å². The fourth-order valence-electron chi connectivity index (χ4n) is 1.40. The molecule has 0 saturated carbocycles. The van der Waals surface area contributed by atoms with Gasteiger partial charge in [-0.15, -0.1) is 0 Å². The molecule has 8 heteroatoms. The molecule has 0 aromatic heterocycles. The van der Waals surface area contributed by atoms with Crippen molar-refractivity contribution in [1.29, 1.82) is 0 Å². The van der Waals surface area contributed by atoms with E-state index in [1.54, 1.807) is 0 Å². The second-order valence-corrected chi connectivity index (χ2v) is 5.14. The lowest BCUT2D eigenvalue weighted by atomic mass is 10.1. The van der Waals surface area contributed by atoms with Crippen molar-refractivity contribution in [3.8, 4) is 0 Å². The molecule has 7 nitrogen and oxygen atoms in total. The van der Waals surface area contributed by atoms with Crippen LogP contribution >= 0.6 is 22.9 Å². The first-order chi connectivity index (χ1) is 9.36. The van der Waals surface area contributed by atoms with Gasteiger partial charge in [0.2, 0.25) is 11.8 Å². The summed E-state index contributed by atoms with van der Waals surface area (Å²) in [6.45, 7) is 3.13. The number of rotatable bonds is 10. The molecule has 114 valence electrons. The molecule has 0 bridgehead atoms. The molecule has 0 radical (unpaired) electrons. The SMILES string of the molecule is CC(=O)CCC(NC(=O)CNC(=O)CCNI)C(C)=O. The molecule has 0 aromatic rings. The molecule has 0 rings (SSSR count). The minimum atomic E-state index is -0.681. The van der Waals surface area contributed by atoms with Crippen molar-refractivity contribution in [3.63, 3.8) is 0 Å². The molecule has 0 spiro atoms. The third-order valence-corrected chi connectivity index (χ3v) is 3.04. The van der Waals surface area contributed by atoms with E-state index in [9.17, 15) is 19.2 Å². The average molecular weight is 397 g/mol. The fourth-order valence-corrected chi connectivity index (χ4v) is 1.67. The highest BCUT2D eigenvalue weighted by Crippen LogP contribution is 1.99. The zero-order chi connectivity index (χ0) is 15.5. The third kappa shape index (κ3) is 9.84. The van der Waals surface area contributed by atoms with Crippen LogP contribution in [0.4, 0.5) is 0 Å². The van der Waals surface area contributed by atoms with E-state index >= 15 is 0 Å². The first-order valence-electron chi connectivity index (χ1n) is 6.26. The van der Waals surface area contributed by atoms with Crippen LogP contribution in [0.2, 0.25) is 0 Å². The van der Waals surface area contributed by atoms with Gasteiger partial charge in [0, 0.05) is 42.3 Å². The molecule has 20 heavy (non-hydrogen) atoms. The number of Topliss-reactive ketones (excluding diaryl/α,β-unsaturated/α-hetero) is 2. The van der Waals surface area contributed by atoms with Gasteiger partial charge in [-0.25, -0.2) is 0 Å². The summed E-state index contributed by atoms with van der Waals surface area (Å²) in [6.07, 6.45) is 0.790. The van der Waals surface area contributed by atoms with Crippen molar-refractivity contribution in [1.82, 2.24) is 14.2 Å². The maximum Gasteiger partial charge on any atom is 0.239 e. The first kappa shape index (κ1) is 19.0. The molecule has 0 fully saturated rings. The molecule has 0 aromatic carbocycles. The molecule has 0 aliphatic carbocycles. The Morgan fingerprint density at radius 3 is 2.20 bits per heavy atom. The summed E-state index contributed by atoms with van der Waals surface area (Å²) in [4.78, 5) is 45.1. The summed E-state index contributed by atoms with van der Waals surface area (Å²) in [5.41, 5.74) is 0. The molecule has 1 unspecified atom stereocenters. The molecule has 0 saturated heterocycles. The number of halogens is 1. The predicted molar refractivity (Wildman–Crippen MR) is 82.2 cm³/mol. The van der Waals surface area contributed by atoms with Crippen LogP contribution in [0.15, 0.2) is 0 Å². The Bertz CT molecular complexity index is 374. The van der Waals surface area contributed by atoms with Gasteiger partial charge >= 0.3 is 0 Å². The smallest absolute Gasteiger partial charge is 0.239 e. The Balaban J connectivity index is 4.10. The molecule has 0 aliphatic rings. The van der Waals surface area contributed by atoms with Crippen LogP contribution in [0.3, 0.4) is 0 Å². The average Bonchev–Trinajstić information content (AvgIpc) is 2.38. The van der Waals surface area contributed by atoms with Crippen molar-refractivity contribution in [2.45, 2.75) is 39.2 Å². The summed E-state index contributed by atoms with van der Waals surface area (Å²) in [7, 11) is 0. The normalized spacial score (nSPS) is 11.6. The number of carbonyl (C=O) groups is 4. The Hall–Kier alpha value is -1.03. The monoisotopic (exact) mass is 397 g/mol. The lowest BCUT2D eigenvalue weighted by molar-refractivity contribution is -0.128. The number of hydrogen-bond acceptors (Lipinski definition) is 5. The Labute approximate surface area is 132 Å². The zero-order valence-electron chi connectivity index (χ0n) is 11.6. The lowest BCUT2D eigenvalue weighted by Crippen LogP contribution is -2.45. The van der Waals surface area contributed by atoms with E-state index in [0.29, 0.717) is 6.54 Å². The van der Waals surface area contributed by atoms with Gasteiger partial charge in [-0.2, -0.15) is 0 Å². The number of ketones is 2. The van der Waals surface area contributed by atoms with Crippen LogP contribution < -0.4 is 14.2 Å². The number of nitrogens with one attached hydrogen (secondary N) is 3. The van der Waals surface area contributed by atoms with Crippen LogP contribution in [0.1, 0.15) is 33.1 Å². The fraction of sp³-hybridized carbons (Fsp3) is 0.667. The van der Waals surface area contributed by atoms with Gasteiger partial charge in [0.05, 0.1) is 12.6 Å². The van der Waals surface area contributed by atoms with Gasteiger partial charge in [-0.05, 0) is 20.3 Å². The highest BCUT2D eigenvalue weighted by molar-refractivity contribution is 14.1. The molecule has 1 atom stereocenters. The molecular formula is C12H20IN3O4. The summed E-state index contributed by atoms with van der Waals surface area (Å²) >= 11 is 1.93. The van der Waals surface area contributed by atoms with Crippen molar-refractivity contribution in [2.75, 3.05) is 13.1 Å². The van der Waals surface area contributed by atoms with Crippen molar-refractivity contribution >= 4 is 46.2 Å². The van der Waals surface area contributed by atoms with Gasteiger partial charge in [0.15, 0.2) is 5.78 Å². The second kappa shape index (κ2) is 10.7. The number of hydrogen-bond donors (Lipinski definition) is 3. The van der Waals surface area contributed by atoms with Crippen LogP contribution in [0, 0.1) is 0 Å². The van der Waals surface area contributed by atoms with Crippen molar-refractivity contribution < 1.29 is 19.2 Å². The summed E-state index contributed by atoms with van der Waals surface area (Å²) < 4.78 is 2.79. The van der Waals surface area contributed by atoms with E-state index in [1.165, 1.54) is 13.8 Å². The maximum absolute atomic E-state index is 11.6. The predicted octanol–water partition coefficient (Wildman–Crippen LogP) is -0.125. The molecular weight excluding hydrogens is 377 g/mol. The molecule has 2 amide bonds. The van der Waals surface area contributed by atoms with Gasteiger partial charge in [-0.1, -0.05) is 0 Å². The maximum atomic E-state index is 11.6. The topological polar surface area (TPSA) is 104 Å². The standard InChI is InChI=1S/C12H20IN3O4/c1-8(17)3-4-10(9(2)18)16-12(20)7-14-11(19)5-6-15-13/h10,15H,3-7H2,1-2H3,(H,14,19)(H,16,20). The Morgan fingerprint density at radius 2 is 1.70 bits per heavy atom. The summed E-state index contributed by atoms with van der Waals surface area (Å²) in [5, 5.41) is 4.96. The Morgan fingerprint density at radius 1 is 1.05 bits per heavy atom. The third-order valence-electron chi connectivity index (χ3n) is 2.50. The second-order valence-electron chi connectivity index (χ2n) is 4.38. The van der Waals surface area contributed by atoms with E-state index in [0.717, 1.165) is 0 Å². The first-order valence-corrected chi connectivity index (χ1v) is 7.34. The Kier molecular flexibility index (Phi) is 10.2. The quantitative estimate of drug-likeness (QED) is 0.352. The summed E-state index contributed by atoms with van der Waals surface area (Å²) in [5.74, 6) is -0.929. The van der Waals surface area contributed by atoms with E-state index in [1.807, 2.05) is 22.9 Å². The van der Waals surface area contributed by atoms with E-state index < -0.39 is 11.9 Å². The molecule has 0 aliphatic heterocycles. The van der Waals surface area contributed by atoms with Crippen LogP contribution in [0.25, 0.3) is 0 Å². The zero-order valence-corrected chi connectivity index (χ0v) is 13.8.